The Labute approximate surface area is 168 Å². The normalized spacial score (nSPS) is 10.4. The summed E-state index contributed by atoms with van der Waals surface area (Å²) in [4.78, 5) is 12.7. The number of hydrogen-bond donors (Lipinski definition) is 0. The predicted octanol–water partition coefficient (Wildman–Crippen LogP) is 2.88. The first-order chi connectivity index (χ1) is 12.2. The molecule has 2 aromatic carbocycles. The molecule has 0 aliphatic rings. The van der Waals surface area contributed by atoms with Gasteiger partial charge in [0.15, 0.2) is 5.52 Å². The smallest absolute Gasteiger partial charge is 0.193 e. The van der Waals surface area contributed by atoms with Crippen molar-refractivity contribution in [2.45, 2.75) is 6.92 Å². The summed E-state index contributed by atoms with van der Waals surface area (Å²) in [6, 6.07) is 12.8. The van der Waals surface area contributed by atoms with Crippen LogP contribution in [0.1, 0.15) is 17.3 Å². The molecule has 5 nitrogen and oxygen atoms in total. The summed E-state index contributed by atoms with van der Waals surface area (Å²) in [5.74, 6) is 1.80. The van der Waals surface area contributed by atoms with Gasteiger partial charge in [0.05, 0.1) is 20.8 Å². The van der Waals surface area contributed by atoms with Crippen LogP contribution < -0.4 is 19.5 Å². The molecule has 0 bridgehead atoms. The van der Waals surface area contributed by atoms with Crippen molar-refractivity contribution in [2.75, 3.05) is 34.0 Å². The van der Waals surface area contributed by atoms with Crippen LogP contribution in [0.2, 0.25) is 0 Å². The zero-order valence-corrected chi connectivity index (χ0v) is 16.7. The molecule has 0 N–H and O–H groups in total. The molecule has 1 atom stereocenters. The van der Waals surface area contributed by atoms with Gasteiger partial charge in [0.1, 0.15) is 29.4 Å². The van der Waals surface area contributed by atoms with Gasteiger partial charge in [-0.2, -0.15) is 0 Å². The first-order valence-electron chi connectivity index (χ1n) is 8.02. The van der Waals surface area contributed by atoms with Gasteiger partial charge in [0, 0.05) is 25.5 Å². The van der Waals surface area contributed by atoms with E-state index in [1.807, 2.05) is 31.2 Å². The average Bonchev–Trinajstić information content (AvgIpc) is 2.65. The summed E-state index contributed by atoms with van der Waals surface area (Å²) in [5, 5.41) is 0.926. The number of carbonyl (C=O) groups is 1. The molecule has 0 saturated heterocycles. The van der Waals surface area contributed by atoms with Gasteiger partial charge in [-0.05, 0) is 45.1 Å². The SMILES string of the molecule is CCOCCOc1ccc(PC(=O)c2c(OC)cccc2OC)cc1.[Li]. The topological polar surface area (TPSA) is 54.0 Å². The molecule has 0 amide bonds. The fourth-order valence-corrected chi connectivity index (χ4v) is 3.23. The van der Waals surface area contributed by atoms with E-state index in [0.717, 1.165) is 11.1 Å². The molecular weight excluding hydrogens is 346 g/mol. The van der Waals surface area contributed by atoms with Crippen LogP contribution in [0.5, 0.6) is 17.2 Å². The largest absolute Gasteiger partial charge is 0.496 e. The van der Waals surface area contributed by atoms with E-state index in [4.69, 9.17) is 18.9 Å². The Hall–Kier alpha value is -1.50. The van der Waals surface area contributed by atoms with Crippen molar-refractivity contribution in [1.82, 2.24) is 0 Å². The van der Waals surface area contributed by atoms with Crippen molar-refractivity contribution in [2.24, 2.45) is 0 Å². The minimum atomic E-state index is -0.0284. The van der Waals surface area contributed by atoms with E-state index in [2.05, 4.69) is 0 Å². The molecular formula is C19H23LiO5P. The number of benzene rings is 2. The molecule has 0 aliphatic carbocycles. The third-order valence-electron chi connectivity index (χ3n) is 3.47. The number of carbonyl (C=O) groups excluding carboxylic acids is 1. The van der Waals surface area contributed by atoms with Crippen molar-refractivity contribution in [3.05, 3.63) is 48.0 Å². The first kappa shape index (κ1) is 22.5. The van der Waals surface area contributed by atoms with Gasteiger partial charge < -0.3 is 18.9 Å². The van der Waals surface area contributed by atoms with Crippen molar-refractivity contribution in [3.8, 4) is 17.2 Å². The van der Waals surface area contributed by atoms with E-state index < -0.39 is 0 Å². The van der Waals surface area contributed by atoms with E-state index in [-0.39, 0.29) is 33.0 Å². The summed E-state index contributed by atoms with van der Waals surface area (Å²) >= 11 is 0. The molecule has 0 heterocycles. The van der Waals surface area contributed by atoms with Gasteiger partial charge in [-0.1, -0.05) is 18.2 Å². The second-order valence-corrected chi connectivity index (χ2v) is 6.34. The number of rotatable bonds is 10. The molecule has 135 valence electrons. The minimum absolute atomic E-state index is 0. The average molecular weight is 369 g/mol. The third-order valence-corrected chi connectivity index (χ3v) is 4.57. The van der Waals surface area contributed by atoms with Crippen LogP contribution in [0.15, 0.2) is 42.5 Å². The van der Waals surface area contributed by atoms with E-state index >= 15 is 0 Å². The summed E-state index contributed by atoms with van der Waals surface area (Å²) in [7, 11) is 3.06. The molecule has 0 fully saturated rings. The molecule has 1 unspecified atom stereocenters. The molecule has 1 radical (unpaired) electrons. The van der Waals surface area contributed by atoms with Crippen molar-refractivity contribution < 1.29 is 23.7 Å². The van der Waals surface area contributed by atoms with Crippen LogP contribution in [-0.4, -0.2) is 58.4 Å². The summed E-state index contributed by atoms with van der Waals surface area (Å²) in [6.45, 7) is 3.69. The first-order valence-corrected chi connectivity index (χ1v) is 9.02. The van der Waals surface area contributed by atoms with Crippen LogP contribution in [0.3, 0.4) is 0 Å². The number of methoxy groups -OCH3 is 2. The van der Waals surface area contributed by atoms with Gasteiger partial charge in [-0.3, -0.25) is 4.79 Å². The fraction of sp³-hybridized carbons (Fsp3) is 0.316. The van der Waals surface area contributed by atoms with Crippen LogP contribution in [0, 0.1) is 0 Å². The Kier molecular flexibility index (Phi) is 10.4. The fourth-order valence-electron chi connectivity index (χ4n) is 2.27. The third kappa shape index (κ3) is 6.34. The molecule has 7 heteroatoms. The van der Waals surface area contributed by atoms with Crippen molar-refractivity contribution in [3.63, 3.8) is 0 Å². The molecule has 0 aliphatic heterocycles. The minimum Gasteiger partial charge on any atom is -0.496 e. The summed E-state index contributed by atoms with van der Waals surface area (Å²) in [6.07, 6.45) is 0. The standard InChI is InChI=1S/C19H23O5P.Li/c1-4-23-12-13-24-14-8-10-15(11-9-14)25-19(20)18-16(21-2)6-5-7-17(18)22-3;/h5-11,25H,4,12-13H2,1-3H3;. The zero-order valence-electron chi connectivity index (χ0n) is 15.7. The Balaban J connectivity index is 0.00000338. The quantitative estimate of drug-likeness (QED) is 0.366. The Morgan fingerprint density at radius 3 is 2.12 bits per heavy atom. The Morgan fingerprint density at radius 2 is 1.58 bits per heavy atom. The van der Waals surface area contributed by atoms with E-state index in [9.17, 15) is 4.79 Å². The van der Waals surface area contributed by atoms with Crippen LogP contribution >= 0.6 is 8.58 Å². The van der Waals surface area contributed by atoms with Gasteiger partial charge in [-0.25, -0.2) is 0 Å². The van der Waals surface area contributed by atoms with Gasteiger partial charge in [0.25, 0.3) is 0 Å². The van der Waals surface area contributed by atoms with E-state index in [1.54, 1.807) is 32.4 Å². The second-order valence-electron chi connectivity index (χ2n) is 5.06. The molecule has 2 rings (SSSR count). The molecule has 2 aromatic rings. The zero-order chi connectivity index (χ0) is 18.1. The van der Waals surface area contributed by atoms with Gasteiger partial charge in [-0.15, -0.1) is 0 Å². The molecule has 0 spiro atoms. The predicted molar refractivity (Wildman–Crippen MR) is 106 cm³/mol. The van der Waals surface area contributed by atoms with E-state index in [1.165, 1.54) is 0 Å². The van der Waals surface area contributed by atoms with Crippen LogP contribution in [-0.2, 0) is 4.74 Å². The molecule has 0 aromatic heterocycles. The Bertz CT molecular complexity index is 669. The van der Waals surface area contributed by atoms with Gasteiger partial charge >= 0.3 is 0 Å². The van der Waals surface area contributed by atoms with Crippen molar-refractivity contribution >= 4 is 38.3 Å². The van der Waals surface area contributed by atoms with E-state index in [0.29, 0.717) is 36.9 Å². The molecule has 26 heavy (non-hydrogen) atoms. The van der Waals surface area contributed by atoms with Crippen LogP contribution in [0.25, 0.3) is 0 Å². The maximum Gasteiger partial charge on any atom is 0.193 e. The Morgan fingerprint density at radius 1 is 0.962 bits per heavy atom. The maximum absolute atomic E-state index is 12.7. The summed E-state index contributed by atoms with van der Waals surface area (Å²) < 4.78 is 21.4. The monoisotopic (exact) mass is 369 g/mol. The maximum atomic E-state index is 12.7. The van der Waals surface area contributed by atoms with Gasteiger partial charge in [0.2, 0.25) is 0 Å². The second kappa shape index (κ2) is 12.0. The molecule has 0 saturated carbocycles. The number of ether oxygens (including phenoxy) is 4. The van der Waals surface area contributed by atoms with Crippen LogP contribution in [0.4, 0.5) is 0 Å². The summed E-state index contributed by atoms with van der Waals surface area (Å²) in [5.41, 5.74) is 0.446. The number of hydrogen-bond acceptors (Lipinski definition) is 5. The van der Waals surface area contributed by atoms with Crippen molar-refractivity contribution in [1.29, 1.82) is 0 Å².